The van der Waals surface area contributed by atoms with Crippen LogP contribution in [-0.4, -0.2) is 59.3 Å². The first-order valence-corrected chi connectivity index (χ1v) is 7.06. The fraction of sp³-hybridized carbons (Fsp3) is 0.333. The normalized spacial score (nSPS) is 16.1. The molecular weight excluding hydrogens is 330 g/mol. The van der Waals surface area contributed by atoms with Gasteiger partial charge in [-0.25, -0.2) is 0 Å². The van der Waals surface area contributed by atoms with E-state index in [1.54, 1.807) is 24.3 Å². The maximum Gasteiger partial charge on any atom is 2.00 e. The van der Waals surface area contributed by atoms with Gasteiger partial charge in [-0.15, -0.1) is 11.8 Å². The van der Waals surface area contributed by atoms with E-state index in [2.05, 4.69) is 5.32 Å². The van der Waals surface area contributed by atoms with E-state index >= 15 is 0 Å². The van der Waals surface area contributed by atoms with E-state index < -0.39 is 23.9 Å². The molecule has 0 saturated carbocycles. The van der Waals surface area contributed by atoms with Gasteiger partial charge in [0.2, 0.25) is 0 Å². The molecule has 110 valence electrons. The van der Waals surface area contributed by atoms with E-state index in [4.69, 9.17) is 16.3 Å². The van der Waals surface area contributed by atoms with Crippen molar-refractivity contribution in [1.82, 2.24) is 5.32 Å². The molecule has 0 amide bonds. The van der Waals surface area contributed by atoms with Gasteiger partial charge in [-0.3, -0.25) is 5.32 Å². The topological polar surface area (TPSA) is 102 Å². The smallest absolute Gasteiger partial charge is 0.547 e. The largest absolute Gasteiger partial charge is 2.00 e. The summed E-state index contributed by atoms with van der Waals surface area (Å²) in [5.74, 6) is -0.917. The minimum atomic E-state index is -1.25. The van der Waals surface area contributed by atoms with E-state index in [-0.39, 0.29) is 23.1 Å². The summed E-state index contributed by atoms with van der Waals surface area (Å²) in [6, 6.07) is 6.41. The number of carboxylic acid groups (broad SMARTS) is 2. The van der Waals surface area contributed by atoms with Crippen molar-refractivity contribution >= 4 is 58.4 Å². The van der Waals surface area contributed by atoms with Gasteiger partial charge >= 0.3 is 23.1 Å². The Bertz CT molecular complexity index is 453. The zero-order valence-corrected chi connectivity index (χ0v) is 14.0. The van der Waals surface area contributed by atoms with Gasteiger partial charge in [-0.05, 0) is 24.3 Å². The summed E-state index contributed by atoms with van der Waals surface area (Å²) in [6.45, 7) is 0.338. The van der Waals surface area contributed by atoms with Crippen LogP contribution in [0.5, 0.6) is 5.75 Å². The Hall–Kier alpha value is -0.674. The molecule has 0 spiro atoms. The van der Waals surface area contributed by atoms with Crippen LogP contribution in [0, 0.1) is 0 Å². The van der Waals surface area contributed by atoms with Crippen molar-refractivity contribution in [2.24, 2.45) is 0 Å². The van der Waals surface area contributed by atoms with Gasteiger partial charge in [0.25, 0.3) is 0 Å². The van der Waals surface area contributed by atoms with Crippen molar-refractivity contribution < 1.29 is 24.5 Å². The van der Waals surface area contributed by atoms with Crippen LogP contribution in [0.15, 0.2) is 24.3 Å². The summed E-state index contributed by atoms with van der Waals surface area (Å²) >= 11 is 6.97. The average Bonchev–Trinajstić information content (AvgIpc) is 2.93. The molecular formula is C12H12ClMgNO5S. The van der Waals surface area contributed by atoms with Crippen LogP contribution >= 0.6 is 23.4 Å². The number of hydrogen-bond donors (Lipinski definition) is 1. The standard InChI is InChI=1S/C8H7ClO3.C4H7NO2S.Mg/c9-6-1-3-7(4-2-6)12-5-8(10)11;6-4(7)3-5-1-2-8-3;/h1-4H,5H2,(H,10,11);3,5H,1-2H2,(H,6,7);/q;;+2/p-2. The predicted octanol–water partition coefficient (Wildman–Crippen LogP) is -1.51. The number of benzene rings is 1. The van der Waals surface area contributed by atoms with Gasteiger partial charge in [0, 0.05) is 17.3 Å². The first-order chi connectivity index (χ1) is 9.49. The zero-order chi connectivity index (χ0) is 15.0. The quantitative estimate of drug-likeness (QED) is 0.664. The van der Waals surface area contributed by atoms with Crippen molar-refractivity contribution in [2.45, 2.75) is 5.37 Å². The van der Waals surface area contributed by atoms with Crippen LogP contribution in [0.3, 0.4) is 0 Å². The van der Waals surface area contributed by atoms with Gasteiger partial charge < -0.3 is 24.5 Å². The molecule has 0 bridgehead atoms. The molecule has 9 heteroatoms. The van der Waals surface area contributed by atoms with Crippen LogP contribution in [0.4, 0.5) is 0 Å². The molecule has 1 N–H and O–H groups in total. The van der Waals surface area contributed by atoms with E-state index in [9.17, 15) is 19.8 Å². The maximum atomic E-state index is 10.0. The van der Waals surface area contributed by atoms with Crippen LogP contribution in [0.25, 0.3) is 0 Å². The summed E-state index contributed by atoms with van der Waals surface area (Å²) in [6.07, 6.45) is 0. The van der Waals surface area contributed by atoms with Crippen molar-refractivity contribution in [3.63, 3.8) is 0 Å². The molecule has 0 radical (unpaired) electrons. The van der Waals surface area contributed by atoms with Crippen molar-refractivity contribution in [1.29, 1.82) is 0 Å². The SMILES string of the molecule is O=C([O-])C1NCCS1.O=C([O-])COc1ccc(Cl)cc1.[Mg+2]. The molecule has 0 aliphatic carbocycles. The van der Waals surface area contributed by atoms with Crippen LogP contribution in [0.2, 0.25) is 5.02 Å². The Labute approximate surface area is 147 Å². The van der Waals surface area contributed by atoms with Crippen LogP contribution in [-0.2, 0) is 9.59 Å². The molecule has 1 saturated heterocycles. The summed E-state index contributed by atoms with van der Waals surface area (Å²) in [5, 5.41) is 22.9. The number of rotatable bonds is 4. The second kappa shape index (κ2) is 11.0. The summed E-state index contributed by atoms with van der Waals surface area (Å²) < 4.78 is 4.80. The molecule has 1 aliphatic rings. The number of carboxylic acids is 2. The molecule has 2 rings (SSSR count). The van der Waals surface area contributed by atoms with Gasteiger partial charge in [-0.1, -0.05) is 11.6 Å². The first kappa shape index (κ1) is 20.3. The Balaban J connectivity index is 0.000000390. The monoisotopic (exact) mass is 341 g/mol. The van der Waals surface area contributed by atoms with Gasteiger partial charge in [0.05, 0.1) is 17.3 Å². The van der Waals surface area contributed by atoms with Gasteiger partial charge in [0.1, 0.15) is 12.4 Å². The van der Waals surface area contributed by atoms with Crippen molar-refractivity contribution in [3.8, 4) is 5.75 Å². The molecule has 1 aromatic carbocycles. The number of carbonyl (C=O) groups excluding carboxylic acids is 2. The summed E-state index contributed by atoms with van der Waals surface area (Å²) in [5.41, 5.74) is 0. The molecule has 21 heavy (non-hydrogen) atoms. The molecule has 1 aliphatic heterocycles. The Morgan fingerprint density at radius 2 is 1.95 bits per heavy atom. The van der Waals surface area contributed by atoms with E-state index in [1.807, 2.05) is 0 Å². The number of nitrogens with one attached hydrogen (secondary N) is 1. The van der Waals surface area contributed by atoms with Crippen LogP contribution < -0.4 is 20.3 Å². The van der Waals surface area contributed by atoms with Gasteiger partial charge in [-0.2, -0.15) is 0 Å². The Morgan fingerprint density at radius 3 is 2.33 bits per heavy atom. The molecule has 6 nitrogen and oxygen atoms in total. The van der Waals surface area contributed by atoms with Gasteiger partial charge in [0.15, 0.2) is 0 Å². The predicted molar refractivity (Wildman–Crippen MR) is 77.0 cm³/mol. The average molecular weight is 342 g/mol. The third kappa shape index (κ3) is 9.05. The molecule has 1 unspecified atom stereocenters. The van der Waals surface area contributed by atoms with Crippen LogP contribution in [0.1, 0.15) is 0 Å². The fourth-order valence-electron chi connectivity index (χ4n) is 1.25. The number of ether oxygens (including phenoxy) is 1. The number of halogens is 1. The van der Waals surface area contributed by atoms with Crippen molar-refractivity contribution in [2.75, 3.05) is 18.9 Å². The summed E-state index contributed by atoms with van der Waals surface area (Å²) in [4.78, 5) is 20.0. The third-order valence-corrected chi connectivity index (χ3v) is 3.48. The second-order valence-electron chi connectivity index (χ2n) is 3.64. The van der Waals surface area contributed by atoms with E-state index in [0.29, 0.717) is 10.8 Å². The Kier molecular flexibility index (Phi) is 10.6. The summed E-state index contributed by atoms with van der Waals surface area (Å²) in [7, 11) is 0. The second-order valence-corrected chi connectivity index (χ2v) is 5.29. The first-order valence-electron chi connectivity index (χ1n) is 5.63. The number of aliphatic carboxylic acids is 2. The number of hydrogen-bond acceptors (Lipinski definition) is 7. The van der Waals surface area contributed by atoms with E-state index in [1.165, 1.54) is 11.8 Å². The number of carbonyl (C=O) groups is 2. The molecule has 0 aromatic heterocycles. The molecule has 1 heterocycles. The molecule has 1 fully saturated rings. The molecule has 1 atom stereocenters. The zero-order valence-electron chi connectivity index (χ0n) is 11.0. The minimum Gasteiger partial charge on any atom is -0.547 e. The third-order valence-electron chi connectivity index (χ3n) is 2.10. The fourth-order valence-corrected chi connectivity index (χ4v) is 2.22. The minimum absolute atomic E-state index is 0. The van der Waals surface area contributed by atoms with E-state index in [0.717, 1.165) is 12.3 Å². The Morgan fingerprint density at radius 1 is 1.33 bits per heavy atom. The number of thioether (sulfide) groups is 1. The molecule has 1 aromatic rings. The van der Waals surface area contributed by atoms with Crippen molar-refractivity contribution in [3.05, 3.63) is 29.3 Å². The maximum absolute atomic E-state index is 10.0.